The maximum absolute atomic E-state index is 12.4. The van der Waals surface area contributed by atoms with Gasteiger partial charge in [0.15, 0.2) is 5.13 Å². The second-order valence-corrected chi connectivity index (χ2v) is 7.27. The normalized spacial score (nSPS) is 20.1. The molecule has 1 aliphatic rings. The number of benzene rings is 1. The minimum absolute atomic E-state index is 0.0112. The Morgan fingerprint density at radius 3 is 2.64 bits per heavy atom. The van der Waals surface area contributed by atoms with E-state index in [1.807, 2.05) is 29.6 Å². The largest absolute Gasteiger partial charge is 0.328 e. The van der Waals surface area contributed by atoms with Crippen molar-refractivity contribution in [3.8, 4) is 11.3 Å². The van der Waals surface area contributed by atoms with E-state index in [0.29, 0.717) is 5.13 Å². The number of nitrogens with two attached hydrogens (primary N) is 1. The van der Waals surface area contributed by atoms with Crippen LogP contribution in [0.1, 0.15) is 32.6 Å². The molecule has 25 heavy (non-hydrogen) atoms. The zero-order valence-corrected chi connectivity index (χ0v) is 14.9. The highest BCUT2D eigenvalue weighted by atomic mass is 32.1. The quantitative estimate of drug-likeness (QED) is 0.782. The molecule has 2 atom stereocenters. The van der Waals surface area contributed by atoms with Crippen LogP contribution in [-0.2, 0) is 9.59 Å². The Morgan fingerprint density at radius 2 is 1.96 bits per heavy atom. The van der Waals surface area contributed by atoms with Gasteiger partial charge in [-0.3, -0.25) is 9.59 Å². The van der Waals surface area contributed by atoms with E-state index in [4.69, 9.17) is 5.73 Å². The van der Waals surface area contributed by atoms with E-state index in [0.717, 1.165) is 42.6 Å². The zero-order valence-electron chi connectivity index (χ0n) is 14.1. The maximum atomic E-state index is 12.4. The van der Waals surface area contributed by atoms with E-state index >= 15 is 0 Å². The Labute approximate surface area is 150 Å². The zero-order chi connectivity index (χ0) is 17.8. The third kappa shape index (κ3) is 4.64. The topological polar surface area (TPSA) is 97.1 Å². The van der Waals surface area contributed by atoms with Crippen molar-refractivity contribution in [2.45, 2.75) is 38.6 Å². The van der Waals surface area contributed by atoms with E-state index in [1.165, 1.54) is 18.3 Å². The van der Waals surface area contributed by atoms with Crippen molar-refractivity contribution in [1.29, 1.82) is 0 Å². The van der Waals surface area contributed by atoms with Gasteiger partial charge in [-0.15, -0.1) is 11.3 Å². The molecule has 2 unspecified atom stereocenters. The van der Waals surface area contributed by atoms with Crippen molar-refractivity contribution < 1.29 is 9.59 Å². The summed E-state index contributed by atoms with van der Waals surface area (Å²) in [5, 5.41) is 8.16. The first kappa shape index (κ1) is 17.6. The van der Waals surface area contributed by atoms with E-state index in [-0.39, 0.29) is 23.8 Å². The van der Waals surface area contributed by atoms with E-state index in [2.05, 4.69) is 15.6 Å². The van der Waals surface area contributed by atoms with Gasteiger partial charge in [-0.1, -0.05) is 18.6 Å². The number of rotatable bonds is 4. The van der Waals surface area contributed by atoms with Gasteiger partial charge in [-0.05, 0) is 31.4 Å². The van der Waals surface area contributed by atoms with Gasteiger partial charge in [0.25, 0.3) is 0 Å². The summed E-state index contributed by atoms with van der Waals surface area (Å²) in [4.78, 5) is 27.9. The van der Waals surface area contributed by atoms with Gasteiger partial charge in [-0.2, -0.15) is 0 Å². The second-order valence-electron chi connectivity index (χ2n) is 6.41. The number of hydrogen-bond donors (Lipinski definition) is 3. The number of hydrogen-bond acceptors (Lipinski definition) is 5. The Morgan fingerprint density at radius 1 is 1.20 bits per heavy atom. The lowest BCUT2D eigenvalue weighted by Gasteiger charge is -2.25. The summed E-state index contributed by atoms with van der Waals surface area (Å²) < 4.78 is 0. The third-order valence-corrected chi connectivity index (χ3v) is 5.08. The van der Waals surface area contributed by atoms with Crippen LogP contribution < -0.4 is 16.4 Å². The molecule has 2 amide bonds. The molecule has 0 spiro atoms. The van der Waals surface area contributed by atoms with Crippen molar-refractivity contribution >= 4 is 34.0 Å². The summed E-state index contributed by atoms with van der Waals surface area (Å²) in [6.45, 7) is 1.47. The molecule has 1 aromatic carbocycles. The van der Waals surface area contributed by atoms with Crippen LogP contribution in [0, 0.1) is 5.92 Å². The Kier molecular flexibility index (Phi) is 5.45. The van der Waals surface area contributed by atoms with Gasteiger partial charge in [0.2, 0.25) is 11.8 Å². The maximum Gasteiger partial charge on any atom is 0.229 e. The van der Waals surface area contributed by atoms with Crippen molar-refractivity contribution in [2.24, 2.45) is 11.7 Å². The summed E-state index contributed by atoms with van der Waals surface area (Å²) in [5.41, 5.74) is 8.44. The van der Waals surface area contributed by atoms with Crippen LogP contribution >= 0.6 is 11.3 Å². The lowest BCUT2D eigenvalue weighted by atomic mass is 9.86. The number of thiazole rings is 1. The Hall–Kier alpha value is -2.25. The van der Waals surface area contributed by atoms with Crippen LogP contribution in [0.15, 0.2) is 29.6 Å². The van der Waals surface area contributed by atoms with Gasteiger partial charge in [0, 0.05) is 35.5 Å². The number of nitrogens with one attached hydrogen (secondary N) is 2. The first-order valence-electron chi connectivity index (χ1n) is 8.41. The summed E-state index contributed by atoms with van der Waals surface area (Å²) in [7, 11) is 0. The van der Waals surface area contributed by atoms with Crippen molar-refractivity contribution in [1.82, 2.24) is 4.98 Å². The van der Waals surface area contributed by atoms with Gasteiger partial charge < -0.3 is 16.4 Å². The lowest BCUT2D eigenvalue weighted by Crippen LogP contribution is -2.34. The molecule has 3 rings (SSSR count). The molecule has 0 aliphatic heterocycles. The highest BCUT2D eigenvalue weighted by Gasteiger charge is 2.25. The molecular weight excluding hydrogens is 336 g/mol. The number of aromatic nitrogens is 1. The highest BCUT2D eigenvalue weighted by Crippen LogP contribution is 2.28. The SMILES string of the molecule is CC(=O)Nc1ccc(-c2csc(NC(=O)C3CCCC(N)C3)n2)cc1. The molecule has 6 nitrogen and oxygen atoms in total. The fourth-order valence-corrected chi connectivity index (χ4v) is 3.79. The molecule has 1 aromatic heterocycles. The summed E-state index contributed by atoms with van der Waals surface area (Å²) in [6.07, 6.45) is 3.64. The number of anilines is 2. The van der Waals surface area contributed by atoms with Crippen LogP contribution in [0.3, 0.4) is 0 Å². The van der Waals surface area contributed by atoms with Gasteiger partial charge in [0.05, 0.1) is 5.69 Å². The molecule has 1 fully saturated rings. The molecule has 0 bridgehead atoms. The summed E-state index contributed by atoms with van der Waals surface area (Å²) in [6, 6.07) is 7.58. The predicted octanol–water partition coefficient (Wildman–Crippen LogP) is 3.22. The average Bonchev–Trinajstić information content (AvgIpc) is 3.03. The average molecular weight is 358 g/mol. The fourth-order valence-electron chi connectivity index (χ4n) is 3.06. The highest BCUT2D eigenvalue weighted by molar-refractivity contribution is 7.14. The van der Waals surface area contributed by atoms with Crippen LogP contribution in [0.4, 0.5) is 10.8 Å². The molecule has 1 saturated carbocycles. The van der Waals surface area contributed by atoms with Crippen molar-refractivity contribution in [3.05, 3.63) is 29.6 Å². The third-order valence-electron chi connectivity index (χ3n) is 4.32. The number of carbonyl (C=O) groups excluding carboxylic acids is 2. The molecule has 132 valence electrons. The number of amides is 2. The molecule has 1 heterocycles. The lowest BCUT2D eigenvalue weighted by molar-refractivity contribution is -0.121. The number of carbonyl (C=O) groups is 2. The van der Waals surface area contributed by atoms with Crippen molar-refractivity contribution in [2.75, 3.05) is 10.6 Å². The summed E-state index contributed by atoms with van der Waals surface area (Å²) in [5.74, 6) is -0.112. The molecular formula is C18H22N4O2S. The van der Waals surface area contributed by atoms with E-state index in [9.17, 15) is 9.59 Å². The van der Waals surface area contributed by atoms with E-state index < -0.39 is 0 Å². The minimum atomic E-state index is -0.103. The Balaban J connectivity index is 1.63. The van der Waals surface area contributed by atoms with Gasteiger partial charge in [0.1, 0.15) is 0 Å². The number of nitrogens with zero attached hydrogens (tertiary/aromatic N) is 1. The second kappa shape index (κ2) is 7.76. The molecule has 4 N–H and O–H groups in total. The van der Waals surface area contributed by atoms with Gasteiger partial charge in [-0.25, -0.2) is 4.98 Å². The van der Waals surface area contributed by atoms with Crippen LogP contribution in [-0.4, -0.2) is 22.8 Å². The summed E-state index contributed by atoms with van der Waals surface area (Å²) >= 11 is 1.41. The van der Waals surface area contributed by atoms with Crippen LogP contribution in [0.5, 0.6) is 0 Å². The fraction of sp³-hybridized carbons (Fsp3) is 0.389. The van der Waals surface area contributed by atoms with E-state index in [1.54, 1.807) is 0 Å². The smallest absolute Gasteiger partial charge is 0.229 e. The first-order valence-corrected chi connectivity index (χ1v) is 9.29. The molecule has 7 heteroatoms. The standard InChI is InChI=1S/C18H22N4O2S/c1-11(23)20-15-7-5-12(6-8-15)16-10-25-18(21-16)22-17(24)13-3-2-4-14(19)9-13/h5-8,10,13-14H,2-4,9,19H2,1H3,(H,20,23)(H,21,22,24). The molecule has 0 saturated heterocycles. The predicted molar refractivity (Wildman–Crippen MR) is 100 cm³/mol. The van der Waals surface area contributed by atoms with Gasteiger partial charge >= 0.3 is 0 Å². The first-order chi connectivity index (χ1) is 12.0. The monoisotopic (exact) mass is 358 g/mol. The Bertz CT molecular complexity index is 757. The van der Waals surface area contributed by atoms with Crippen molar-refractivity contribution in [3.63, 3.8) is 0 Å². The molecule has 1 aliphatic carbocycles. The molecule has 0 radical (unpaired) electrons. The molecule has 2 aromatic rings. The van der Waals surface area contributed by atoms with Crippen LogP contribution in [0.2, 0.25) is 0 Å². The van der Waals surface area contributed by atoms with Crippen LogP contribution in [0.25, 0.3) is 11.3 Å². The minimum Gasteiger partial charge on any atom is -0.328 e.